The predicted octanol–water partition coefficient (Wildman–Crippen LogP) is 2.59. The van der Waals surface area contributed by atoms with Gasteiger partial charge < -0.3 is 19.5 Å². The van der Waals surface area contributed by atoms with Crippen LogP contribution in [0.15, 0.2) is 28.7 Å². The molecule has 1 aromatic carbocycles. The van der Waals surface area contributed by atoms with E-state index in [9.17, 15) is 5.11 Å². The minimum absolute atomic E-state index is 0.0726. The average Bonchev–Trinajstić information content (AvgIpc) is 2.81. The molecule has 3 rings (SSSR count). The molecule has 0 atom stereocenters. The topological polar surface area (TPSA) is 77.8 Å². The molecular weight excluding hydrogens is 226 g/mol. The van der Waals surface area contributed by atoms with Gasteiger partial charge in [0.05, 0.1) is 0 Å². The Kier molecular flexibility index (Phi) is 1.84. The first kappa shape index (κ1) is 9.17. The maximum absolute atomic E-state index is 9.56. The minimum atomic E-state index is -0.0726. The zero-order valence-electron chi connectivity index (χ0n) is 8.02. The maximum atomic E-state index is 9.56. The molecule has 6 heteroatoms. The zero-order chi connectivity index (χ0) is 11.1. The fourth-order valence-electron chi connectivity index (χ4n) is 1.51. The van der Waals surface area contributed by atoms with Crippen LogP contribution < -0.4 is 0 Å². The van der Waals surface area contributed by atoms with Gasteiger partial charge in [-0.25, -0.2) is 4.98 Å². The quantitative estimate of drug-likeness (QED) is 0.564. The molecule has 0 saturated carbocycles. The molecule has 0 saturated heterocycles. The van der Waals surface area contributed by atoms with E-state index in [-0.39, 0.29) is 5.88 Å². The molecule has 0 fully saturated rings. The highest BCUT2D eigenvalue weighted by molar-refractivity contribution is 7.71. The van der Waals surface area contributed by atoms with Crippen LogP contribution in [0, 0.1) is 4.77 Å². The van der Waals surface area contributed by atoms with Crippen molar-refractivity contribution in [2.45, 2.75) is 0 Å². The molecule has 0 radical (unpaired) electrons. The Morgan fingerprint density at radius 2 is 2.06 bits per heavy atom. The molecule has 0 bridgehead atoms. The maximum Gasteiger partial charge on any atom is 0.249 e. The number of aromatic hydroxyl groups is 1. The Morgan fingerprint density at radius 3 is 2.75 bits per heavy atom. The van der Waals surface area contributed by atoms with Crippen LogP contribution in [0.1, 0.15) is 0 Å². The van der Waals surface area contributed by atoms with E-state index < -0.39 is 0 Å². The second-order valence-corrected chi connectivity index (χ2v) is 3.70. The SMILES string of the molecule is Oc1[nH]c(=S)[nH]c1-c1nc2ccccc2o1. The Labute approximate surface area is 94.8 Å². The van der Waals surface area contributed by atoms with E-state index in [1.807, 2.05) is 24.3 Å². The number of nitrogens with zero attached hydrogens (tertiary/aromatic N) is 1. The number of imidazole rings is 1. The summed E-state index contributed by atoms with van der Waals surface area (Å²) in [5.74, 6) is 0.239. The second-order valence-electron chi connectivity index (χ2n) is 3.29. The minimum Gasteiger partial charge on any atom is -0.493 e. The smallest absolute Gasteiger partial charge is 0.249 e. The third-order valence-corrected chi connectivity index (χ3v) is 2.42. The fraction of sp³-hybridized carbons (Fsp3) is 0. The molecule has 80 valence electrons. The van der Waals surface area contributed by atoms with E-state index >= 15 is 0 Å². The lowest BCUT2D eigenvalue weighted by Crippen LogP contribution is -1.76. The highest BCUT2D eigenvalue weighted by atomic mass is 32.1. The molecule has 3 N–H and O–H groups in total. The molecule has 0 aliphatic carbocycles. The number of rotatable bonds is 1. The van der Waals surface area contributed by atoms with Gasteiger partial charge in [-0.3, -0.25) is 0 Å². The van der Waals surface area contributed by atoms with Crippen LogP contribution in [0.2, 0.25) is 0 Å². The first-order valence-corrected chi connectivity index (χ1v) is 5.02. The van der Waals surface area contributed by atoms with Gasteiger partial charge in [0, 0.05) is 0 Å². The third-order valence-electron chi connectivity index (χ3n) is 2.22. The summed E-state index contributed by atoms with van der Waals surface area (Å²) in [6.45, 7) is 0. The Hall–Kier alpha value is -2.08. The van der Waals surface area contributed by atoms with Crippen LogP contribution in [-0.2, 0) is 0 Å². The molecule has 3 aromatic rings. The van der Waals surface area contributed by atoms with Crippen LogP contribution in [-0.4, -0.2) is 20.1 Å². The van der Waals surface area contributed by atoms with Crippen molar-refractivity contribution < 1.29 is 9.52 Å². The number of oxazole rings is 1. The van der Waals surface area contributed by atoms with E-state index in [4.69, 9.17) is 16.6 Å². The summed E-state index contributed by atoms with van der Waals surface area (Å²) in [5, 5.41) is 9.56. The zero-order valence-corrected chi connectivity index (χ0v) is 8.84. The first-order chi connectivity index (χ1) is 7.74. The molecule has 2 heterocycles. The van der Waals surface area contributed by atoms with Gasteiger partial charge in [0.1, 0.15) is 5.52 Å². The monoisotopic (exact) mass is 233 g/mol. The number of para-hydroxylation sites is 2. The van der Waals surface area contributed by atoms with Gasteiger partial charge in [0.25, 0.3) is 0 Å². The van der Waals surface area contributed by atoms with Gasteiger partial charge in [-0.05, 0) is 24.4 Å². The van der Waals surface area contributed by atoms with E-state index in [0.717, 1.165) is 5.52 Å². The molecule has 0 amide bonds. The van der Waals surface area contributed by atoms with Crippen molar-refractivity contribution in [1.29, 1.82) is 0 Å². The highest BCUT2D eigenvalue weighted by Gasteiger charge is 2.13. The number of aromatic amines is 2. The Morgan fingerprint density at radius 1 is 1.25 bits per heavy atom. The summed E-state index contributed by atoms with van der Waals surface area (Å²) >= 11 is 4.86. The Balaban J connectivity index is 2.26. The number of fused-ring (bicyclic) bond motifs is 1. The standard InChI is InChI=1S/C10H7N3O2S/c14-8-7(12-10(16)13-8)9-11-5-3-1-2-4-6(5)15-9/h1-4,14H,(H2,12,13,16). The van der Waals surface area contributed by atoms with Crippen LogP contribution >= 0.6 is 12.2 Å². The van der Waals surface area contributed by atoms with Gasteiger partial charge in [0.15, 0.2) is 16.0 Å². The molecule has 0 spiro atoms. The van der Waals surface area contributed by atoms with Crippen molar-refractivity contribution in [3.8, 4) is 17.5 Å². The summed E-state index contributed by atoms with van der Waals surface area (Å²) in [4.78, 5) is 9.57. The van der Waals surface area contributed by atoms with Crippen LogP contribution in [0.5, 0.6) is 5.88 Å². The molecule has 0 aliphatic rings. The van der Waals surface area contributed by atoms with Crippen molar-refractivity contribution in [2.24, 2.45) is 0 Å². The van der Waals surface area contributed by atoms with Gasteiger partial charge in [0.2, 0.25) is 11.8 Å². The number of hydrogen-bond acceptors (Lipinski definition) is 4. The van der Waals surface area contributed by atoms with Gasteiger partial charge >= 0.3 is 0 Å². The summed E-state index contributed by atoms with van der Waals surface area (Å²) < 4.78 is 5.81. The van der Waals surface area contributed by atoms with Crippen LogP contribution in [0.25, 0.3) is 22.7 Å². The third kappa shape index (κ3) is 1.31. The molecule has 5 nitrogen and oxygen atoms in total. The number of hydrogen-bond donors (Lipinski definition) is 3. The van der Waals surface area contributed by atoms with Crippen molar-refractivity contribution in [3.63, 3.8) is 0 Å². The summed E-state index contributed by atoms with van der Waals surface area (Å²) in [5.41, 5.74) is 1.76. The van der Waals surface area contributed by atoms with Crippen LogP contribution in [0.3, 0.4) is 0 Å². The van der Waals surface area contributed by atoms with E-state index in [0.29, 0.717) is 21.9 Å². The van der Waals surface area contributed by atoms with Gasteiger partial charge in [-0.15, -0.1) is 0 Å². The predicted molar refractivity (Wildman–Crippen MR) is 60.6 cm³/mol. The lowest BCUT2D eigenvalue weighted by Gasteiger charge is -1.88. The lowest BCUT2D eigenvalue weighted by atomic mass is 10.3. The molecule has 0 unspecified atom stereocenters. The fourth-order valence-corrected chi connectivity index (χ4v) is 1.71. The molecule has 0 aliphatic heterocycles. The second kappa shape index (κ2) is 3.21. The number of H-pyrrole nitrogens is 2. The molecular formula is C10H7N3O2S. The highest BCUT2D eigenvalue weighted by Crippen LogP contribution is 2.27. The number of nitrogens with one attached hydrogen (secondary N) is 2. The molecule has 16 heavy (non-hydrogen) atoms. The van der Waals surface area contributed by atoms with E-state index in [2.05, 4.69) is 15.0 Å². The first-order valence-electron chi connectivity index (χ1n) is 4.61. The summed E-state index contributed by atoms with van der Waals surface area (Å²) in [7, 11) is 0. The number of benzene rings is 1. The van der Waals surface area contributed by atoms with E-state index in [1.54, 1.807) is 0 Å². The normalized spacial score (nSPS) is 11.0. The van der Waals surface area contributed by atoms with Gasteiger partial charge in [-0.2, -0.15) is 0 Å². The number of aromatic nitrogens is 3. The van der Waals surface area contributed by atoms with Gasteiger partial charge in [-0.1, -0.05) is 12.1 Å². The van der Waals surface area contributed by atoms with Crippen molar-refractivity contribution in [2.75, 3.05) is 0 Å². The largest absolute Gasteiger partial charge is 0.493 e. The summed E-state index contributed by atoms with van der Waals surface area (Å²) in [6.07, 6.45) is 0. The van der Waals surface area contributed by atoms with Crippen LogP contribution in [0.4, 0.5) is 0 Å². The van der Waals surface area contributed by atoms with Crippen molar-refractivity contribution in [1.82, 2.24) is 15.0 Å². The lowest BCUT2D eigenvalue weighted by molar-refractivity contribution is 0.455. The van der Waals surface area contributed by atoms with E-state index in [1.165, 1.54) is 0 Å². The van der Waals surface area contributed by atoms with Crippen molar-refractivity contribution >= 4 is 23.3 Å². The Bertz CT molecular complexity index is 677. The summed E-state index contributed by atoms with van der Waals surface area (Å²) in [6, 6.07) is 7.37. The molecule has 2 aromatic heterocycles. The average molecular weight is 233 g/mol. The van der Waals surface area contributed by atoms with Crippen molar-refractivity contribution in [3.05, 3.63) is 29.0 Å².